The molecule has 12 rings (SSSR count). The summed E-state index contributed by atoms with van der Waals surface area (Å²) in [7, 11) is -4.29. The lowest BCUT2D eigenvalue weighted by Gasteiger charge is -2.30. The first kappa shape index (κ1) is 50.0. The van der Waals surface area contributed by atoms with Crippen molar-refractivity contribution in [1.82, 2.24) is 0 Å². The second-order valence-corrected chi connectivity index (χ2v) is 27.1. The molecule has 0 spiro atoms. The van der Waals surface area contributed by atoms with Gasteiger partial charge in [0.1, 0.15) is 11.5 Å². The van der Waals surface area contributed by atoms with Crippen LogP contribution in [0.4, 0.5) is 0 Å². The molecule has 368 valence electrons. The van der Waals surface area contributed by atoms with Crippen molar-refractivity contribution in [2.45, 2.75) is 0 Å². The van der Waals surface area contributed by atoms with Crippen LogP contribution in [-0.2, 0) is 0 Å². The minimum absolute atomic E-state index is 0.846. The Kier molecular flexibility index (Phi) is 15.6. The molecule has 0 aliphatic carbocycles. The highest BCUT2D eigenvalue weighted by atomic mass is 31.1. The van der Waals surface area contributed by atoms with E-state index in [0.29, 0.717) is 0 Å². The third-order valence-electron chi connectivity index (χ3n) is 13.7. The molecule has 0 bridgehead atoms. The topological polar surface area (TPSA) is 9.23 Å². The normalized spacial score (nSPS) is 11.3. The summed E-state index contributed by atoms with van der Waals surface area (Å²) in [5.41, 5.74) is 4.76. The maximum atomic E-state index is 8.00. The molecule has 77 heavy (non-hydrogen) atoms. The maximum absolute atomic E-state index is 8.00. The smallest absolute Gasteiger partial charge is 0.136 e. The Morgan fingerprint density at radius 2 is 0.377 bits per heavy atom. The molecule has 0 fully saturated rings. The van der Waals surface area contributed by atoms with Crippen molar-refractivity contribution in [1.29, 1.82) is 0 Å². The summed E-state index contributed by atoms with van der Waals surface area (Å²) in [6.45, 7) is 0. The molecule has 12 aromatic rings. The molecule has 0 heterocycles. The van der Waals surface area contributed by atoms with Crippen molar-refractivity contribution in [3.63, 3.8) is 0 Å². The van der Waals surface area contributed by atoms with Crippen LogP contribution in [0.5, 0.6) is 11.5 Å². The van der Waals surface area contributed by atoms with E-state index < -0.39 is 31.7 Å². The molecule has 12 aromatic carbocycles. The van der Waals surface area contributed by atoms with Gasteiger partial charge in [-0.2, -0.15) is 0 Å². The molecule has 5 heteroatoms. The standard InChI is InChI=1S/C72H54OP4/c1-9-31-55(32-10-1)74(56-33-11-2-12-34-56)69-53-27-25-47-63(69)65-49-29-51-67(71(65)76(59-39-17-5-18-40-59)60-41-19-6-20-42-60)73-68-52-30-50-66(72(68)77(61-43-21-7-22-44-61)62-45-23-8-24-46-62)64-48-26-28-54-70(64)75(57-35-13-3-14-36-57)58-37-15-4-16-38-58/h1-54H. The molecule has 0 unspecified atom stereocenters. The van der Waals surface area contributed by atoms with Crippen LogP contribution < -0.4 is 68.4 Å². The zero-order valence-corrected chi connectivity index (χ0v) is 46.0. The van der Waals surface area contributed by atoms with Crippen LogP contribution in [0.1, 0.15) is 0 Å². The maximum Gasteiger partial charge on any atom is 0.136 e. The van der Waals surface area contributed by atoms with E-state index in [4.69, 9.17) is 4.74 Å². The molecule has 1 nitrogen and oxygen atoms in total. The number of benzene rings is 12. The third-order valence-corrected chi connectivity index (χ3v) is 23.7. The summed E-state index contributed by atoms with van der Waals surface area (Å²) in [6, 6.07) is 120. The third kappa shape index (κ3) is 10.8. The molecule has 0 amide bonds. The van der Waals surface area contributed by atoms with Gasteiger partial charge >= 0.3 is 0 Å². The summed E-state index contributed by atoms with van der Waals surface area (Å²) in [5, 5.41) is 15.2. The Bertz CT molecular complexity index is 3420. The second kappa shape index (κ2) is 24.0. The van der Waals surface area contributed by atoms with Gasteiger partial charge in [0.2, 0.25) is 0 Å². The molecule has 0 aromatic heterocycles. The first-order valence-corrected chi connectivity index (χ1v) is 31.4. The summed E-state index contributed by atoms with van der Waals surface area (Å²) >= 11 is 0. The van der Waals surface area contributed by atoms with Gasteiger partial charge in [0.05, 0.1) is 0 Å². The van der Waals surface area contributed by atoms with Crippen molar-refractivity contribution < 1.29 is 4.74 Å². The van der Waals surface area contributed by atoms with Gasteiger partial charge in [-0.15, -0.1) is 0 Å². The summed E-state index contributed by atoms with van der Waals surface area (Å²) < 4.78 is 8.00. The molecule has 0 atom stereocenters. The van der Waals surface area contributed by atoms with Crippen molar-refractivity contribution in [2.24, 2.45) is 0 Å². The predicted octanol–water partition coefficient (Wildman–Crippen LogP) is 13.8. The van der Waals surface area contributed by atoms with E-state index in [1.54, 1.807) is 0 Å². The fourth-order valence-corrected chi connectivity index (χ4v) is 20.3. The van der Waals surface area contributed by atoms with E-state index in [9.17, 15) is 0 Å². The SMILES string of the molecule is c1ccc(P(c2ccccc2)c2ccccc2-c2cccc(Oc3cccc(-c4ccccc4P(c4ccccc4)c4ccccc4)c3P(c3ccccc3)c3ccccc3)c2P(c2ccccc2)c2ccccc2)cc1. The van der Waals surface area contributed by atoms with Gasteiger partial charge in [0.15, 0.2) is 0 Å². The summed E-state index contributed by atoms with van der Waals surface area (Å²) in [5.74, 6) is 1.69. The van der Waals surface area contributed by atoms with Crippen LogP contribution in [0, 0.1) is 0 Å². The highest BCUT2D eigenvalue weighted by Gasteiger charge is 2.32. The Labute approximate surface area is 458 Å². The minimum atomic E-state index is -1.19. The summed E-state index contributed by atoms with van der Waals surface area (Å²) in [4.78, 5) is 0. The first-order chi connectivity index (χ1) is 38.3. The van der Waals surface area contributed by atoms with E-state index >= 15 is 0 Å². The highest BCUT2D eigenvalue weighted by Crippen LogP contribution is 2.48. The van der Waals surface area contributed by atoms with Gasteiger partial charge in [-0.1, -0.05) is 315 Å². The molecular formula is C72H54OP4. The average Bonchev–Trinajstić information content (AvgIpc) is 3.51. The average molecular weight is 1060 g/mol. The highest BCUT2D eigenvalue weighted by molar-refractivity contribution is 7.81. The monoisotopic (exact) mass is 1060 g/mol. The summed E-state index contributed by atoms with van der Waals surface area (Å²) in [6.07, 6.45) is 0. The van der Waals surface area contributed by atoms with E-state index in [1.165, 1.54) is 85.9 Å². The van der Waals surface area contributed by atoms with E-state index in [-0.39, 0.29) is 0 Å². The fraction of sp³-hybridized carbons (Fsp3) is 0. The van der Waals surface area contributed by atoms with Gasteiger partial charge in [-0.25, -0.2) is 0 Å². The van der Waals surface area contributed by atoms with Crippen LogP contribution in [0.25, 0.3) is 22.3 Å². The van der Waals surface area contributed by atoms with Gasteiger partial charge in [0.25, 0.3) is 0 Å². The van der Waals surface area contributed by atoms with Crippen LogP contribution >= 0.6 is 31.7 Å². The van der Waals surface area contributed by atoms with Crippen molar-refractivity contribution in [2.75, 3.05) is 0 Å². The number of hydrogen-bond acceptors (Lipinski definition) is 1. The Morgan fingerprint density at radius 3 is 0.636 bits per heavy atom. The van der Waals surface area contributed by atoms with Crippen LogP contribution in [0.3, 0.4) is 0 Å². The van der Waals surface area contributed by atoms with E-state index in [1.807, 2.05) is 0 Å². The van der Waals surface area contributed by atoms with E-state index in [2.05, 4.69) is 328 Å². The number of hydrogen-bond donors (Lipinski definition) is 0. The van der Waals surface area contributed by atoms with Crippen LogP contribution in [0.15, 0.2) is 328 Å². The molecule has 0 radical (unpaired) electrons. The number of rotatable bonds is 16. The quantitative estimate of drug-likeness (QED) is 0.0877. The zero-order valence-electron chi connectivity index (χ0n) is 42.4. The second-order valence-electron chi connectivity index (χ2n) is 18.5. The molecular weight excluding hydrogens is 1000 g/mol. The first-order valence-electron chi connectivity index (χ1n) is 26.0. The lowest BCUT2D eigenvalue weighted by molar-refractivity contribution is 0.491. The molecule has 0 saturated heterocycles. The molecule has 0 saturated carbocycles. The van der Waals surface area contributed by atoms with Gasteiger partial charge in [0, 0.05) is 10.6 Å². The zero-order chi connectivity index (χ0) is 51.6. The Morgan fingerprint density at radius 1 is 0.169 bits per heavy atom. The number of ether oxygens (including phenoxy) is 1. The van der Waals surface area contributed by atoms with E-state index in [0.717, 1.165) is 11.5 Å². The lowest BCUT2D eigenvalue weighted by Crippen LogP contribution is -2.28. The Balaban J connectivity index is 1.14. The Hall–Kier alpha value is -7.84. The largest absolute Gasteiger partial charge is 0.456 e. The lowest BCUT2D eigenvalue weighted by atomic mass is 10.0. The fourth-order valence-electron chi connectivity index (χ4n) is 10.3. The predicted molar refractivity (Wildman–Crippen MR) is 339 cm³/mol. The van der Waals surface area contributed by atoms with Crippen LogP contribution in [-0.4, -0.2) is 0 Å². The molecule has 0 N–H and O–H groups in total. The molecule has 0 aliphatic heterocycles. The van der Waals surface area contributed by atoms with Crippen molar-refractivity contribution >= 4 is 95.3 Å². The van der Waals surface area contributed by atoms with Crippen molar-refractivity contribution in [3.05, 3.63) is 328 Å². The van der Waals surface area contributed by atoms with Crippen molar-refractivity contribution in [3.8, 4) is 33.8 Å². The molecule has 0 aliphatic rings. The van der Waals surface area contributed by atoms with Gasteiger partial charge in [-0.05, 0) is 119 Å². The van der Waals surface area contributed by atoms with Crippen LogP contribution in [0.2, 0.25) is 0 Å². The minimum Gasteiger partial charge on any atom is -0.456 e. The van der Waals surface area contributed by atoms with Gasteiger partial charge in [-0.3, -0.25) is 0 Å². The van der Waals surface area contributed by atoms with Gasteiger partial charge < -0.3 is 4.74 Å².